The van der Waals surface area contributed by atoms with Gasteiger partial charge in [0.05, 0.1) is 58.1 Å². The average Bonchev–Trinajstić information content (AvgIpc) is 3.44. The lowest BCUT2D eigenvalue weighted by Gasteiger charge is -2.65. The molecule has 3 aliphatic carbocycles. The van der Waals surface area contributed by atoms with Crippen LogP contribution in [-0.2, 0) is 52.3 Å². The van der Waals surface area contributed by atoms with Gasteiger partial charge in [0.25, 0.3) is 5.79 Å². The molecule has 0 amide bonds. The number of rotatable bonds is 5. The fourth-order valence-corrected chi connectivity index (χ4v) is 11.8. The SMILES string of the molecule is CC=C(C)C(=O)OC1CC(O)C2(C(=O)OC)COC3C2C12COC(O)(C(=O)OC)C2C(C)(C12OC1(C)C1CC2OC2OC=CC21O)C3O. The molecule has 3 saturated carbocycles. The summed E-state index contributed by atoms with van der Waals surface area (Å²) in [6.45, 7) is 5.79. The lowest BCUT2D eigenvalue weighted by atomic mass is 9.37. The van der Waals surface area contributed by atoms with Gasteiger partial charge in [-0.05, 0) is 33.3 Å². The maximum Gasteiger partial charge on any atom is 0.366 e. The van der Waals surface area contributed by atoms with E-state index < -0.39 is 118 Å². The van der Waals surface area contributed by atoms with Crippen molar-refractivity contribution >= 4 is 17.9 Å². The maximum absolute atomic E-state index is 13.8. The van der Waals surface area contributed by atoms with Gasteiger partial charge in [0.1, 0.15) is 22.7 Å². The van der Waals surface area contributed by atoms with E-state index in [9.17, 15) is 34.8 Å². The monoisotopic (exact) mass is 678 g/mol. The Hall–Kier alpha value is -2.63. The lowest BCUT2D eigenvalue weighted by Crippen LogP contribution is -2.79. The zero-order valence-corrected chi connectivity index (χ0v) is 27.5. The second-order valence-electron chi connectivity index (χ2n) is 15.2. The van der Waals surface area contributed by atoms with Crippen LogP contribution in [0.2, 0.25) is 0 Å². The number of esters is 3. The highest BCUT2D eigenvalue weighted by molar-refractivity contribution is 5.88. The van der Waals surface area contributed by atoms with E-state index in [1.807, 2.05) is 0 Å². The number of fused-ring (bicyclic) bond motifs is 7. The first-order chi connectivity index (χ1) is 22.6. The Bertz CT molecular complexity index is 1550. The second kappa shape index (κ2) is 9.57. The number of epoxide rings is 1. The Morgan fingerprint density at radius 2 is 1.73 bits per heavy atom. The smallest absolute Gasteiger partial charge is 0.366 e. The Morgan fingerprint density at radius 3 is 2.40 bits per heavy atom. The molecule has 16 unspecified atom stereocenters. The fraction of sp³-hybridized carbons (Fsp3) is 0.788. The molecule has 15 nitrogen and oxygen atoms in total. The molecule has 5 heterocycles. The van der Waals surface area contributed by atoms with Crippen LogP contribution in [0.3, 0.4) is 0 Å². The summed E-state index contributed by atoms with van der Waals surface area (Å²) < 4.78 is 47.7. The molecule has 48 heavy (non-hydrogen) atoms. The van der Waals surface area contributed by atoms with Gasteiger partial charge in [-0.1, -0.05) is 13.0 Å². The molecule has 4 saturated heterocycles. The van der Waals surface area contributed by atoms with E-state index in [-0.39, 0.29) is 25.0 Å². The van der Waals surface area contributed by atoms with E-state index in [1.165, 1.54) is 19.4 Å². The Morgan fingerprint density at radius 1 is 1.02 bits per heavy atom. The molecule has 8 rings (SSSR count). The van der Waals surface area contributed by atoms with Crippen molar-refractivity contribution < 1.29 is 72.7 Å². The molecule has 0 radical (unpaired) electrons. The van der Waals surface area contributed by atoms with Crippen LogP contribution in [0.4, 0.5) is 0 Å². The number of aliphatic hydroxyl groups excluding tert-OH is 2. The van der Waals surface area contributed by atoms with E-state index in [2.05, 4.69) is 0 Å². The van der Waals surface area contributed by atoms with Gasteiger partial charge in [-0.3, -0.25) is 4.79 Å². The van der Waals surface area contributed by atoms with Gasteiger partial charge >= 0.3 is 17.9 Å². The predicted octanol–water partition coefficient (Wildman–Crippen LogP) is -0.774. The minimum Gasteiger partial charge on any atom is -0.469 e. The fourth-order valence-electron chi connectivity index (χ4n) is 11.8. The Labute approximate surface area is 276 Å². The van der Waals surface area contributed by atoms with Gasteiger partial charge in [-0.25, -0.2) is 9.59 Å². The third kappa shape index (κ3) is 3.14. The van der Waals surface area contributed by atoms with Gasteiger partial charge in [0, 0.05) is 40.6 Å². The van der Waals surface area contributed by atoms with Gasteiger partial charge in [0.15, 0.2) is 5.60 Å². The quantitative estimate of drug-likeness (QED) is 0.122. The number of ether oxygens (including phenoxy) is 8. The molecule has 2 bridgehead atoms. The van der Waals surface area contributed by atoms with E-state index in [1.54, 1.807) is 33.8 Å². The summed E-state index contributed by atoms with van der Waals surface area (Å²) in [5.41, 5.74) is -9.28. The van der Waals surface area contributed by atoms with Gasteiger partial charge in [-0.2, -0.15) is 0 Å². The third-order valence-corrected chi connectivity index (χ3v) is 13.9. The largest absolute Gasteiger partial charge is 0.469 e. The number of aliphatic hydroxyl groups is 4. The Kier molecular flexibility index (Phi) is 6.50. The maximum atomic E-state index is 13.8. The van der Waals surface area contributed by atoms with Crippen molar-refractivity contribution in [3.63, 3.8) is 0 Å². The molecular weight excluding hydrogens is 636 g/mol. The number of methoxy groups -OCH3 is 2. The molecule has 1 spiro atoms. The topological polar surface area (TPSA) is 209 Å². The molecule has 0 aromatic rings. The molecular formula is C33H42O15. The highest BCUT2D eigenvalue weighted by Crippen LogP contribution is 2.82. The standard InChI is InChI=1S/C33H42O15/c1-7-14(2)22(36)46-17-11-16(34)29(24(37)41-5)12-44-19-20(29)30(17)13-45-32(40,25(38)42-6)23(30)27(3,21(19)35)33-18-10-15(28(33,4)48-33)31(39)8-9-43-26(31)47-18/h7-9,15-21,23,26,34-35,39-40H,10-13H2,1-6H3. The first-order valence-corrected chi connectivity index (χ1v) is 16.3. The summed E-state index contributed by atoms with van der Waals surface area (Å²) in [5, 5.41) is 48.9. The van der Waals surface area contributed by atoms with Crippen LogP contribution in [0.15, 0.2) is 24.0 Å². The van der Waals surface area contributed by atoms with Gasteiger partial charge < -0.3 is 58.3 Å². The highest BCUT2D eigenvalue weighted by atomic mass is 16.7. The average molecular weight is 679 g/mol. The Balaban J connectivity index is 1.39. The molecule has 0 aromatic carbocycles. The predicted molar refractivity (Wildman–Crippen MR) is 155 cm³/mol. The van der Waals surface area contributed by atoms with Crippen LogP contribution < -0.4 is 0 Å². The summed E-state index contributed by atoms with van der Waals surface area (Å²) in [4.78, 5) is 41.1. The molecule has 7 fully saturated rings. The first-order valence-electron chi connectivity index (χ1n) is 16.3. The lowest BCUT2D eigenvalue weighted by molar-refractivity contribution is -0.314. The van der Waals surface area contributed by atoms with Crippen molar-refractivity contribution in [2.75, 3.05) is 27.4 Å². The third-order valence-electron chi connectivity index (χ3n) is 13.9. The van der Waals surface area contributed by atoms with E-state index in [4.69, 9.17) is 37.9 Å². The molecule has 264 valence electrons. The van der Waals surface area contributed by atoms with Crippen LogP contribution in [-0.4, -0.2) is 125 Å². The van der Waals surface area contributed by atoms with Gasteiger partial charge in [-0.15, -0.1) is 0 Å². The van der Waals surface area contributed by atoms with Crippen LogP contribution in [0, 0.1) is 34.0 Å². The summed E-state index contributed by atoms with van der Waals surface area (Å²) in [7, 11) is 2.24. The van der Waals surface area contributed by atoms with Crippen molar-refractivity contribution in [2.45, 2.75) is 99.9 Å². The molecule has 4 N–H and O–H groups in total. The van der Waals surface area contributed by atoms with Crippen LogP contribution in [0.25, 0.3) is 0 Å². The van der Waals surface area contributed by atoms with Crippen LogP contribution in [0.1, 0.15) is 40.5 Å². The first kappa shape index (κ1) is 32.6. The van der Waals surface area contributed by atoms with E-state index in [0.29, 0.717) is 0 Å². The summed E-state index contributed by atoms with van der Waals surface area (Å²) >= 11 is 0. The van der Waals surface area contributed by atoms with Gasteiger partial charge in [0.2, 0.25) is 6.29 Å². The second-order valence-corrected chi connectivity index (χ2v) is 15.2. The molecule has 16 atom stereocenters. The zero-order valence-electron chi connectivity index (χ0n) is 27.5. The molecule has 0 aromatic heterocycles. The summed E-state index contributed by atoms with van der Waals surface area (Å²) in [5.74, 6) is -8.86. The minimum atomic E-state index is -2.79. The summed E-state index contributed by atoms with van der Waals surface area (Å²) in [6.07, 6.45) is -3.14. The molecule has 8 aliphatic rings. The molecule has 5 aliphatic heterocycles. The number of allylic oxidation sites excluding steroid dienone is 1. The number of hydrogen-bond acceptors (Lipinski definition) is 15. The van der Waals surface area contributed by atoms with Crippen LogP contribution >= 0.6 is 0 Å². The van der Waals surface area contributed by atoms with Crippen molar-refractivity contribution in [1.29, 1.82) is 0 Å². The molecule has 15 heteroatoms. The van der Waals surface area contributed by atoms with Crippen molar-refractivity contribution in [2.24, 2.45) is 34.0 Å². The van der Waals surface area contributed by atoms with Crippen molar-refractivity contribution in [1.82, 2.24) is 0 Å². The van der Waals surface area contributed by atoms with E-state index in [0.717, 1.165) is 7.11 Å². The van der Waals surface area contributed by atoms with E-state index >= 15 is 0 Å². The van der Waals surface area contributed by atoms with Crippen LogP contribution in [0.5, 0.6) is 0 Å². The van der Waals surface area contributed by atoms with Crippen molar-refractivity contribution in [3.05, 3.63) is 24.0 Å². The van der Waals surface area contributed by atoms with Crippen molar-refractivity contribution in [3.8, 4) is 0 Å². The minimum absolute atomic E-state index is 0.254. The number of hydrogen-bond donors (Lipinski definition) is 4. The number of carbonyl (C=O) groups excluding carboxylic acids is 3. The summed E-state index contributed by atoms with van der Waals surface area (Å²) in [6, 6.07) is 0. The highest BCUT2D eigenvalue weighted by Gasteiger charge is 2.97. The zero-order chi connectivity index (χ0) is 34.6. The number of carbonyl (C=O) groups is 3. The normalized spacial score (nSPS) is 56.7.